The van der Waals surface area contributed by atoms with E-state index in [0.29, 0.717) is 5.56 Å². The minimum absolute atomic E-state index is 0.0683. The number of hydrogen-bond donors (Lipinski definition) is 2. The Hall–Kier alpha value is -1.55. The van der Waals surface area contributed by atoms with Crippen LogP contribution in [0.1, 0.15) is 26.3 Å². The number of ether oxygens (including phenoxy) is 1. The number of benzene rings is 1. The van der Waals surface area contributed by atoms with Gasteiger partial charge in [-0.15, -0.1) is 0 Å². The van der Waals surface area contributed by atoms with Crippen molar-refractivity contribution >= 4 is 5.97 Å². The van der Waals surface area contributed by atoms with Gasteiger partial charge in [-0.1, -0.05) is 26.0 Å². The molecule has 18 heavy (non-hydrogen) atoms. The zero-order valence-electron chi connectivity index (χ0n) is 11.2. The van der Waals surface area contributed by atoms with Crippen LogP contribution < -0.4 is 0 Å². The van der Waals surface area contributed by atoms with E-state index in [1.165, 1.54) is 19.2 Å². The molecule has 2 atom stereocenters. The summed E-state index contributed by atoms with van der Waals surface area (Å²) < 4.78 is 4.76. The fourth-order valence-electron chi connectivity index (χ4n) is 2.26. The minimum Gasteiger partial charge on any atom is -0.508 e. The number of carbonyl (C=O) groups excluding carboxylic acids is 1. The molecule has 0 radical (unpaired) electrons. The standard InChI is InChI=1S/C14H20O4/c1-9(2)12(13(16)18-4)14(3,17)10-5-7-11(15)8-6-10/h5-9,12,15,17H,1-4H3. The second kappa shape index (κ2) is 5.40. The van der Waals surface area contributed by atoms with E-state index in [1.54, 1.807) is 19.1 Å². The van der Waals surface area contributed by atoms with Crippen molar-refractivity contribution < 1.29 is 19.7 Å². The fraction of sp³-hybridized carbons (Fsp3) is 0.500. The summed E-state index contributed by atoms with van der Waals surface area (Å²) >= 11 is 0. The van der Waals surface area contributed by atoms with E-state index in [-0.39, 0.29) is 11.7 Å². The first kappa shape index (κ1) is 14.5. The molecule has 0 aliphatic carbocycles. The van der Waals surface area contributed by atoms with Crippen molar-refractivity contribution in [3.8, 4) is 5.75 Å². The first-order valence-electron chi connectivity index (χ1n) is 5.90. The van der Waals surface area contributed by atoms with Gasteiger partial charge in [0.2, 0.25) is 0 Å². The van der Waals surface area contributed by atoms with Crippen LogP contribution >= 0.6 is 0 Å². The monoisotopic (exact) mass is 252 g/mol. The number of phenolic OH excluding ortho intramolecular Hbond substituents is 1. The average molecular weight is 252 g/mol. The number of aromatic hydroxyl groups is 1. The van der Waals surface area contributed by atoms with Gasteiger partial charge >= 0.3 is 5.97 Å². The molecule has 0 fully saturated rings. The highest BCUT2D eigenvalue weighted by Gasteiger charge is 2.41. The van der Waals surface area contributed by atoms with E-state index in [9.17, 15) is 15.0 Å². The smallest absolute Gasteiger partial charge is 0.312 e. The van der Waals surface area contributed by atoms with Crippen LogP contribution in [0.4, 0.5) is 0 Å². The molecule has 0 amide bonds. The predicted octanol–water partition coefficient (Wildman–Crippen LogP) is 2.04. The fourth-order valence-corrected chi connectivity index (χ4v) is 2.26. The molecule has 4 heteroatoms. The van der Waals surface area contributed by atoms with Crippen molar-refractivity contribution in [3.05, 3.63) is 29.8 Å². The van der Waals surface area contributed by atoms with Crippen molar-refractivity contribution in [2.24, 2.45) is 11.8 Å². The molecule has 0 bridgehead atoms. The molecular formula is C14H20O4. The zero-order chi connectivity index (χ0) is 13.9. The second-order valence-corrected chi connectivity index (χ2v) is 4.94. The van der Waals surface area contributed by atoms with E-state index in [4.69, 9.17) is 4.74 Å². The molecule has 2 N–H and O–H groups in total. The molecule has 1 aromatic rings. The third-order valence-corrected chi connectivity index (χ3v) is 3.18. The Kier molecular flexibility index (Phi) is 4.35. The van der Waals surface area contributed by atoms with Crippen molar-refractivity contribution in [1.82, 2.24) is 0 Å². The van der Waals surface area contributed by atoms with Gasteiger partial charge in [-0.05, 0) is 30.5 Å². The Morgan fingerprint density at radius 2 is 1.78 bits per heavy atom. The molecule has 0 aliphatic heterocycles. The number of methoxy groups -OCH3 is 1. The van der Waals surface area contributed by atoms with Crippen LogP contribution in [0, 0.1) is 11.8 Å². The van der Waals surface area contributed by atoms with Gasteiger partial charge in [-0.25, -0.2) is 0 Å². The van der Waals surface area contributed by atoms with Crippen LogP contribution in [0.2, 0.25) is 0 Å². The van der Waals surface area contributed by atoms with Gasteiger partial charge < -0.3 is 14.9 Å². The maximum Gasteiger partial charge on any atom is 0.312 e. The van der Waals surface area contributed by atoms with Crippen molar-refractivity contribution in [2.45, 2.75) is 26.4 Å². The molecule has 0 saturated heterocycles. The lowest BCUT2D eigenvalue weighted by Crippen LogP contribution is -2.41. The highest BCUT2D eigenvalue weighted by Crippen LogP contribution is 2.35. The normalized spacial score (nSPS) is 16.1. The van der Waals surface area contributed by atoms with Gasteiger partial charge in [0.15, 0.2) is 0 Å². The van der Waals surface area contributed by atoms with Gasteiger partial charge in [0, 0.05) is 0 Å². The lowest BCUT2D eigenvalue weighted by molar-refractivity contribution is -0.159. The average Bonchev–Trinajstić information content (AvgIpc) is 2.28. The van der Waals surface area contributed by atoms with Crippen LogP contribution in [0.3, 0.4) is 0 Å². The lowest BCUT2D eigenvalue weighted by atomic mass is 9.76. The van der Waals surface area contributed by atoms with Crippen molar-refractivity contribution in [3.63, 3.8) is 0 Å². The summed E-state index contributed by atoms with van der Waals surface area (Å²) in [6.07, 6.45) is 0. The Bertz CT molecular complexity index is 406. The van der Waals surface area contributed by atoms with Gasteiger partial charge in [-0.3, -0.25) is 4.79 Å². The highest BCUT2D eigenvalue weighted by atomic mass is 16.5. The number of hydrogen-bond acceptors (Lipinski definition) is 4. The first-order valence-corrected chi connectivity index (χ1v) is 5.90. The van der Waals surface area contributed by atoms with Crippen LogP contribution in [-0.2, 0) is 15.1 Å². The SMILES string of the molecule is COC(=O)C(C(C)C)C(C)(O)c1ccc(O)cc1. The molecule has 1 aromatic carbocycles. The Morgan fingerprint density at radius 3 is 2.17 bits per heavy atom. The highest BCUT2D eigenvalue weighted by molar-refractivity contribution is 5.74. The first-order chi connectivity index (χ1) is 8.30. The third kappa shape index (κ3) is 2.82. The Balaban J connectivity index is 3.16. The summed E-state index contributed by atoms with van der Waals surface area (Å²) in [5.74, 6) is -1.05. The maximum absolute atomic E-state index is 11.8. The lowest BCUT2D eigenvalue weighted by Gasteiger charge is -2.34. The summed E-state index contributed by atoms with van der Waals surface area (Å²) in [6.45, 7) is 5.30. The molecule has 0 aromatic heterocycles. The quantitative estimate of drug-likeness (QED) is 0.805. The molecule has 0 spiro atoms. The molecule has 0 aliphatic rings. The molecule has 0 saturated carbocycles. The van der Waals surface area contributed by atoms with Gasteiger partial charge in [0.1, 0.15) is 11.4 Å². The van der Waals surface area contributed by atoms with E-state index in [1.807, 2.05) is 13.8 Å². The number of aliphatic hydroxyl groups is 1. The summed E-state index contributed by atoms with van der Waals surface area (Å²) in [7, 11) is 1.31. The molecule has 100 valence electrons. The maximum atomic E-state index is 11.8. The van der Waals surface area contributed by atoms with Crippen LogP contribution in [0.15, 0.2) is 24.3 Å². The van der Waals surface area contributed by atoms with E-state index in [0.717, 1.165) is 0 Å². The summed E-state index contributed by atoms with van der Waals surface area (Å²) in [6, 6.07) is 6.18. The second-order valence-electron chi connectivity index (χ2n) is 4.94. The summed E-state index contributed by atoms with van der Waals surface area (Å²) in [4.78, 5) is 11.8. The van der Waals surface area contributed by atoms with Gasteiger partial charge in [-0.2, -0.15) is 0 Å². The Morgan fingerprint density at radius 1 is 1.28 bits per heavy atom. The molecule has 1 rings (SSSR count). The zero-order valence-corrected chi connectivity index (χ0v) is 11.2. The van der Waals surface area contributed by atoms with Crippen LogP contribution in [0.25, 0.3) is 0 Å². The topological polar surface area (TPSA) is 66.8 Å². The minimum atomic E-state index is -1.34. The van der Waals surface area contributed by atoms with E-state index >= 15 is 0 Å². The molecular weight excluding hydrogens is 232 g/mol. The number of esters is 1. The van der Waals surface area contributed by atoms with Crippen molar-refractivity contribution in [2.75, 3.05) is 7.11 Å². The number of carbonyl (C=O) groups is 1. The summed E-state index contributed by atoms with van der Waals surface area (Å²) in [5.41, 5.74) is -0.765. The predicted molar refractivity (Wildman–Crippen MR) is 68.0 cm³/mol. The van der Waals surface area contributed by atoms with Crippen LogP contribution in [0.5, 0.6) is 5.75 Å². The molecule has 4 nitrogen and oxygen atoms in total. The van der Waals surface area contributed by atoms with Crippen LogP contribution in [-0.4, -0.2) is 23.3 Å². The van der Waals surface area contributed by atoms with Crippen molar-refractivity contribution in [1.29, 1.82) is 0 Å². The number of phenols is 1. The van der Waals surface area contributed by atoms with E-state index < -0.39 is 17.5 Å². The summed E-state index contributed by atoms with van der Waals surface area (Å²) in [5, 5.41) is 19.9. The number of rotatable bonds is 4. The van der Waals surface area contributed by atoms with Gasteiger partial charge in [0.05, 0.1) is 13.0 Å². The molecule has 0 heterocycles. The molecule has 2 unspecified atom stereocenters. The Labute approximate surface area is 107 Å². The third-order valence-electron chi connectivity index (χ3n) is 3.18. The van der Waals surface area contributed by atoms with Gasteiger partial charge in [0.25, 0.3) is 0 Å². The van der Waals surface area contributed by atoms with E-state index in [2.05, 4.69) is 0 Å². The largest absolute Gasteiger partial charge is 0.508 e.